The van der Waals surface area contributed by atoms with E-state index >= 15 is 0 Å². The first kappa shape index (κ1) is 23.5. The van der Waals surface area contributed by atoms with Gasteiger partial charge in [-0.05, 0) is 98.7 Å². The number of hydrogen-bond acceptors (Lipinski definition) is 3. The molecule has 0 aromatic heterocycles. The summed E-state index contributed by atoms with van der Waals surface area (Å²) in [5, 5.41) is 21.0. The van der Waals surface area contributed by atoms with Crippen LogP contribution in [0, 0.1) is 46.3 Å². The third kappa shape index (κ3) is 3.86. The van der Waals surface area contributed by atoms with Crippen LogP contribution in [-0.2, 0) is 4.79 Å². The van der Waals surface area contributed by atoms with Gasteiger partial charge in [-0.15, -0.1) is 0 Å². The van der Waals surface area contributed by atoms with Gasteiger partial charge in [-0.1, -0.05) is 46.3 Å². The third-order valence-corrected chi connectivity index (χ3v) is 10.5. The molecule has 4 rings (SSSR count). The second-order valence-electron chi connectivity index (χ2n) is 13.0. The first-order valence-corrected chi connectivity index (χ1v) is 13.0. The van der Waals surface area contributed by atoms with Crippen molar-refractivity contribution in [3.63, 3.8) is 0 Å². The summed E-state index contributed by atoms with van der Waals surface area (Å²) in [6, 6.07) is 0. The fraction of sp³-hybridized carbons (Fsp3) is 0.893. The van der Waals surface area contributed by atoms with E-state index in [-0.39, 0.29) is 22.9 Å². The monoisotopic (exact) mass is 430 g/mol. The Morgan fingerprint density at radius 2 is 1.77 bits per heavy atom. The number of aliphatic hydroxyl groups excluding tert-OH is 1. The Morgan fingerprint density at radius 1 is 1.06 bits per heavy atom. The lowest BCUT2D eigenvalue weighted by molar-refractivity contribution is -0.146. The quantitative estimate of drug-likeness (QED) is 0.532. The van der Waals surface area contributed by atoms with Crippen LogP contribution in [0.15, 0.2) is 11.6 Å². The average molecular weight is 431 g/mol. The van der Waals surface area contributed by atoms with Crippen LogP contribution in [0.5, 0.6) is 0 Å². The Morgan fingerprint density at radius 3 is 2.45 bits per heavy atom. The van der Waals surface area contributed by atoms with Crippen molar-refractivity contribution in [2.45, 2.75) is 111 Å². The van der Waals surface area contributed by atoms with Crippen molar-refractivity contribution in [2.75, 3.05) is 0 Å². The van der Waals surface area contributed by atoms with E-state index in [9.17, 15) is 15.0 Å². The summed E-state index contributed by atoms with van der Waals surface area (Å²) in [6.07, 6.45) is 10.9. The number of fused-ring (bicyclic) bond motifs is 5. The molecule has 31 heavy (non-hydrogen) atoms. The fourth-order valence-corrected chi connectivity index (χ4v) is 8.58. The number of rotatable bonds is 5. The van der Waals surface area contributed by atoms with Crippen LogP contribution in [-0.4, -0.2) is 27.7 Å². The van der Waals surface area contributed by atoms with Gasteiger partial charge in [0.25, 0.3) is 0 Å². The lowest BCUT2D eigenvalue weighted by Gasteiger charge is -2.58. The Kier molecular flexibility index (Phi) is 6.04. The predicted molar refractivity (Wildman–Crippen MR) is 125 cm³/mol. The first-order chi connectivity index (χ1) is 14.4. The van der Waals surface area contributed by atoms with E-state index in [4.69, 9.17) is 0 Å². The largest absolute Gasteiger partial charge is 0.393 e. The van der Waals surface area contributed by atoms with Crippen molar-refractivity contribution < 1.29 is 15.0 Å². The number of carbonyl (C=O) groups excluding carboxylic acids is 1. The second-order valence-corrected chi connectivity index (χ2v) is 13.0. The van der Waals surface area contributed by atoms with E-state index in [1.54, 1.807) is 0 Å². The molecule has 4 aliphatic rings. The van der Waals surface area contributed by atoms with Crippen LogP contribution in [0.25, 0.3) is 0 Å². The van der Waals surface area contributed by atoms with Crippen molar-refractivity contribution in [2.24, 2.45) is 46.3 Å². The van der Waals surface area contributed by atoms with Crippen molar-refractivity contribution in [3.8, 4) is 0 Å². The summed E-state index contributed by atoms with van der Waals surface area (Å²) in [6.45, 7) is 13.3. The molecule has 3 heteroatoms. The Bertz CT molecular complexity index is 737. The summed E-state index contributed by atoms with van der Waals surface area (Å²) in [5.41, 5.74) is 0.808. The zero-order chi connectivity index (χ0) is 22.8. The lowest BCUT2D eigenvalue weighted by atomic mass is 9.46. The van der Waals surface area contributed by atoms with E-state index in [0.717, 1.165) is 44.9 Å². The highest BCUT2D eigenvalue weighted by Gasteiger charge is 2.62. The zero-order valence-electron chi connectivity index (χ0n) is 20.8. The maximum atomic E-state index is 13.8. The maximum Gasteiger partial charge on any atom is 0.137 e. The zero-order valence-corrected chi connectivity index (χ0v) is 20.8. The van der Waals surface area contributed by atoms with E-state index in [1.807, 2.05) is 6.92 Å². The Labute approximate surface area is 190 Å². The van der Waals surface area contributed by atoms with Crippen LogP contribution in [0.3, 0.4) is 0 Å². The topological polar surface area (TPSA) is 57.5 Å². The van der Waals surface area contributed by atoms with Crippen LogP contribution >= 0.6 is 0 Å². The van der Waals surface area contributed by atoms with E-state index < -0.39 is 5.60 Å². The molecule has 3 nitrogen and oxygen atoms in total. The number of allylic oxidation sites excluding steroid dienone is 1. The number of ketones is 1. The molecule has 0 aromatic carbocycles. The Balaban J connectivity index is 1.55. The van der Waals surface area contributed by atoms with E-state index in [2.05, 4.69) is 40.7 Å². The molecule has 0 aliphatic heterocycles. The molecule has 2 unspecified atom stereocenters. The molecule has 0 amide bonds. The molecule has 3 fully saturated rings. The van der Waals surface area contributed by atoms with Crippen molar-refractivity contribution in [1.82, 2.24) is 0 Å². The molecule has 0 heterocycles. The van der Waals surface area contributed by atoms with Crippen molar-refractivity contribution in [1.29, 1.82) is 0 Å². The SMILES string of the molecule is CC(C)[C@H](O)CC[C@@H](C)[C@H]1CCC2[C@@H]3CC=C4C[C@@](C)(O)CC[C@]4(C)C3C(=O)C[C@@]21C. The molecule has 2 N–H and O–H groups in total. The van der Waals surface area contributed by atoms with Gasteiger partial charge in [-0.2, -0.15) is 0 Å². The van der Waals surface area contributed by atoms with Gasteiger partial charge in [0.1, 0.15) is 5.78 Å². The van der Waals surface area contributed by atoms with Crippen LogP contribution < -0.4 is 0 Å². The van der Waals surface area contributed by atoms with Crippen LogP contribution in [0.1, 0.15) is 99.3 Å². The summed E-state index contributed by atoms with van der Waals surface area (Å²) in [4.78, 5) is 13.8. The van der Waals surface area contributed by atoms with Crippen LogP contribution in [0.4, 0.5) is 0 Å². The minimum Gasteiger partial charge on any atom is -0.393 e. The third-order valence-electron chi connectivity index (χ3n) is 10.5. The molecule has 0 radical (unpaired) electrons. The fourth-order valence-electron chi connectivity index (χ4n) is 8.58. The summed E-state index contributed by atoms with van der Waals surface area (Å²) < 4.78 is 0. The average Bonchev–Trinajstić information content (AvgIpc) is 3.02. The maximum absolute atomic E-state index is 13.8. The van der Waals surface area contributed by atoms with Gasteiger partial charge in [-0.3, -0.25) is 4.79 Å². The molecule has 0 saturated heterocycles. The van der Waals surface area contributed by atoms with E-state index in [0.29, 0.717) is 35.4 Å². The highest BCUT2D eigenvalue weighted by Crippen LogP contribution is 2.66. The van der Waals surface area contributed by atoms with Gasteiger partial charge < -0.3 is 10.2 Å². The molecule has 176 valence electrons. The summed E-state index contributed by atoms with van der Waals surface area (Å²) in [5.74, 6) is 3.22. The summed E-state index contributed by atoms with van der Waals surface area (Å²) >= 11 is 0. The molecule has 0 spiro atoms. The van der Waals surface area contributed by atoms with Gasteiger partial charge in [0.2, 0.25) is 0 Å². The molecule has 3 saturated carbocycles. The summed E-state index contributed by atoms with van der Waals surface area (Å²) in [7, 11) is 0. The van der Waals surface area contributed by atoms with Crippen LogP contribution in [0.2, 0.25) is 0 Å². The van der Waals surface area contributed by atoms with Crippen molar-refractivity contribution in [3.05, 3.63) is 11.6 Å². The minimum atomic E-state index is -0.612. The molecular weight excluding hydrogens is 384 g/mol. The Hall–Kier alpha value is -0.670. The normalized spacial score (nSPS) is 46.7. The second kappa shape index (κ2) is 7.97. The number of Topliss-reactive ketones (excluding diaryl/α,β-unsaturated/α-hetero) is 1. The molecule has 0 bridgehead atoms. The van der Waals surface area contributed by atoms with Gasteiger partial charge in [-0.25, -0.2) is 0 Å². The number of carbonyl (C=O) groups is 1. The first-order valence-electron chi connectivity index (χ1n) is 13.0. The van der Waals surface area contributed by atoms with Gasteiger partial charge in [0, 0.05) is 12.3 Å². The highest BCUT2D eigenvalue weighted by atomic mass is 16.3. The van der Waals surface area contributed by atoms with Gasteiger partial charge in [0.15, 0.2) is 0 Å². The number of aliphatic hydroxyl groups is 2. The molecule has 4 aliphatic carbocycles. The predicted octanol–water partition coefficient (Wildman–Crippen LogP) is 5.93. The van der Waals surface area contributed by atoms with E-state index in [1.165, 1.54) is 18.4 Å². The standard InChI is InChI=1S/C28H46O3/c1-17(2)23(29)12-7-18(3)21-10-11-22-20-9-8-19-15-26(4,31)13-14-27(19,5)25(20)24(30)16-28(21,22)6/h8,17-18,20-23,25,29,31H,7,9-16H2,1-6H3/t18-,20+,21-,22?,23-,25?,26+,27+,28-/m1/s1. The molecule has 0 aromatic rings. The van der Waals surface area contributed by atoms with Crippen molar-refractivity contribution >= 4 is 5.78 Å². The number of hydrogen-bond donors (Lipinski definition) is 2. The van der Waals surface area contributed by atoms with Gasteiger partial charge in [0.05, 0.1) is 11.7 Å². The molecule has 9 atom stereocenters. The highest BCUT2D eigenvalue weighted by molar-refractivity contribution is 5.85. The van der Waals surface area contributed by atoms with Gasteiger partial charge >= 0.3 is 0 Å². The lowest BCUT2D eigenvalue weighted by Crippen LogP contribution is -2.56. The smallest absolute Gasteiger partial charge is 0.137 e. The molecular formula is C28H46O3. The minimum absolute atomic E-state index is 0.0470.